The lowest BCUT2D eigenvalue weighted by molar-refractivity contribution is -0.109. The number of aliphatic hydroxyl groups is 2. The van der Waals surface area contributed by atoms with Crippen LogP contribution < -0.4 is 11.1 Å². The Kier molecular flexibility index (Phi) is 4.90. The Hall–Kier alpha value is -0.650. The van der Waals surface area contributed by atoms with Crippen LogP contribution in [-0.4, -0.2) is 40.9 Å². The number of nitrogens with one attached hydrogen (secondary N) is 1. The zero-order chi connectivity index (χ0) is 10.5. The Morgan fingerprint density at radius 3 is 2.23 bits per heavy atom. The van der Waals surface area contributed by atoms with E-state index in [1.54, 1.807) is 0 Å². The molecule has 5 N–H and O–H groups in total. The second-order valence-corrected chi connectivity index (χ2v) is 3.29. The predicted molar refractivity (Wildman–Crippen MR) is 49.0 cm³/mol. The highest BCUT2D eigenvalue weighted by molar-refractivity contribution is 5.45. The van der Waals surface area contributed by atoms with Crippen LogP contribution in [0.5, 0.6) is 0 Å². The molecule has 5 nitrogen and oxygen atoms in total. The summed E-state index contributed by atoms with van der Waals surface area (Å²) in [4.78, 5) is 9.95. The zero-order valence-electron chi connectivity index (χ0n) is 8.03. The fourth-order valence-electron chi connectivity index (χ4n) is 1.11. The molecule has 0 aliphatic rings. The molecule has 2 unspecified atom stereocenters. The average Bonchev–Trinajstić information content (AvgIpc) is 2.03. The van der Waals surface area contributed by atoms with E-state index in [0.29, 0.717) is 19.4 Å². The number of amides is 1. The van der Waals surface area contributed by atoms with Crippen molar-refractivity contribution in [1.29, 1.82) is 0 Å². The molecular weight excluding hydrogens is 172 g/mol. The fraction of sp³-hybridized carbons (Fsp3) is 0.875. The Balaban J connectivity index is 4.16. The van der Waals surface area contributed by atoms with Crippen LogP contribution in [0.2, 0.25) is 0 Å². The number of carbonyl (C=O) groups excluding carboxylic acids is 1. The zero-order valence-corrected chi connectivity index (χ0v) is 8.03. The van der Waals surface area contributed by atoms with Crippen molar-refractivity contribution < 1.29 is 15.0 Å². The molecule has 0 spiro atoms. The monoisotopic (exact) mass is 190 g/mol. The summed E-state index contributed by atoms with van der Waals surface area (Å²) < 4.78 is 0. The first-order valence-electron chi connectivity index (χ1n) is 4.27. The summed E-state index contributed by atoms with van der Waals surface area (Å²) in [7, 11) is 0. The van der Waals surface area contributed by atoms with Crippen LogP contribution in [0.3, 0.4) is 0 Å². The van der Waals surface area contributed by atoms with E-state index in [9.17, 15) is 15.0 Å². The van der Waals surface area contributed by atoms with Crippen molar-refractivity contribution in [2.45, 2.75) is 38.0 Å². The van der Waals surface area contributed by atoms with E-state index in [4.69, 9.17) is 5.73 Å². The van der Waals surface area contributed by atoms with E-state index in [2.05, 4.69) is 5.32 Å². The normalized spacial score (nSPS) is 20.1. The van der Waals surface area contributed by atoms with Gasteiger partial charge >= 0.3 is 0 Å². The number of hydrogen-bond acceptors (Lipinski definition) is 4. The minimum absolute atomic E-state index is 0.334. The highest BCUT2D eigenvalue weighted by Gasteiger charge is 2.35. The summed E-state index contributed by atoms with van der Waals surface area (Å²) in [6, 6.07) is 0. The van der Waals surface area contributed by atoms with Gasteiger partial charge in [-0.1, -0.05) is 0 Å². The number of nitrogens with two attached hydrogens (primary N) is 1. The van der Waals surface area contributed by atoms with Gasteiger partial charge in [0.2, 0.25) is 6.41 Å². The van der Waals surface area contributed by atoms with Gasteiger partial charge in [0.15, 0.2) is 0 Å². The first-order valence-corrected chi connectivity index (χ1v) is 4.27. The molecule has 0 aromatic carbocycles. The topological polar surface area (TPSA) is 95.6 Å². The lowest BCUT2D eigenvalue weighted by Crippen LogP contribution is -2.58. The maximum absolute atomic E-state index is 9.95. The molecule has 0 aromatic heterocycles. The first-order chi connectivity index (χ1) is 5.95. The third-order valence-corrected chi connectivity index (χ3v) is 2.34. The van der Waals surface area contributed by atoms with Gasteiger partial charge in [0, 0.05) is 6.54 Å². The van der Waals surface area contributed by atoms with Crippen molar-refractivity contribution >= 4 is 6.41 Å². The Morgan fingerprint density at radius 2 is 1.92 bits per heavy atom. The van der Waals surface area contributed by atoms with Crippen molar-refractivity contribution in [3.05, 3.63) is 0 Å². The maximum Gasteiger partial charge on any atom is 0.207 e. The van der Waals surface area contributed by atoms with Gasteiger partial charge in [0.05, 0.1) is 17.7 Å². The Morgan fingerprint density at radius 1 is 1.46 bits per heavy atom. The van der Waals surface area contributed by atoms with Gasteiger partial charge in [-0.25, -0.2) is 0 Å². The van der Waals surface area contributed by atoms with Crippen molar-refractivity contribution in [3.63, 3.8) is 0 Å². The minimum Gasteiger partial charge on any atom is -0.391 e. The largest absolute Gasteiger partial charge is 0.391 e. The number of hydrogen-bond donors (Lipinski definition) is 4. The van der Waals surface area contributed by atoms with Gasteiger partial charge in [-0.15, -0.1) is 0 Å². The molecule has 0 aliphatic heterocycles. The second-order valence-electron chi connectivity index (χ2n) is 3.29. The van der Waals surface area contributed by atoms with Crippen LogP contribution in [0.4, 0.5) is 0 Å². The first kappa shape index (κ1) is 12.3. The smallest absolute Gasteiger partial charge is 0.207 e. The molecule has 0 aromatic rings. The summed E-state index contributed by atoms with van der Waals surface area (Å²) in [5, 5.41) is 21.1. The van der Waals surface area contributed by atoms with Crippen molar-refractivity contribution in [2.24, 2.45) is 5.73 Å². The lowest BCUT2D eigenvalue weighted by atomic mass is 9.85. The molecular formula is C8H18N2O3. The van der Waals surface area contributed by atoms with Gasteiger partial charge < -0.3 is 21.3 Å². The molecule has 13 heavy (non-hydrogen) atoms. The summed E-state index contributed by atoms with van der Waals surface area (Å²) >= 11 is 0. The molecule has 78 valence electrons. The van der Waals surface area contributed by atoms with Gasteiger partial charge in [-0.3, -0.25) is 4.79 Å². The highest BCUT2D eigenvalue weighted by Crippen LogP contribution is 2.16. The average molecular weight is 190 g/mol. The fourth-order valence-corrected chi connectivity index (χ4v) is 1.11. The van der Waals surface area contributed by atoms with Crippen LogP contribution in [0, 0.1) is 0 Å². The molecule has 1 amide bonds. The maximum atomic E-state index is 9.95. The van der Waals surface area contributed by atoms with Crippen molar-refractivity contribution in [1.82, 2.24) is 5.32 Å². The third kappa shape index (κ3) is 3.30. The molecule has 0 bridgehead atoms. The van der Waals surface area contributed by atoms with E-state index in [-0.39, 0.29) is 0 Å². The van der Waals surface area contributed by atoms with Crippen LogP contribution in [0.25, 0.3) is 0 Å². The SMILES string of the molecule is CC(O)C(N)(CCNC=O)C(C)O. The van der Waals surface area contributed by atoms with Gasteiger partial charge in [-0.05, 0) is 20.3 Å². The number of aliphatic hydroxyl groups excluding tert-OH is 2. The third-order valence-electron chi connectivity index (χ3n) is 2.34. The lowest BCUT2D eigenvalue weighted by Gasteiger charge is -2.35. The second kappa shape index (κ2) is 5.16. The van der Waals surface area contributed by atoms with Gasteiger partial charge in [0.25, 0.3) is 0 Å². The molecule has 2 atom stereocenters. The highest BCUT2D eigenvalue weighted by atomic mass is 16.3. The summed E-state index contributed by atoms with van der Waals surface area (Å²) in [5.74, 6) is 0. The van der Waals surface area contributed by atoms with Gasteiger partial charge in [0.1, 0.15) is 0 Å². The molecule has 0 rings (SSSR count). The van der Waals surface area contributed by atoms with E-state index in [1.165, 1.54) is 13.8 Å². The molecule has 0 saturated heterocycles. The molecule has 0 fully saturated rings. The summed E-state index contributed by atoms with van der Waals surface area (Å²) in [6.07, 6.45) is -0.743. The predicted octanol–water partition coefficient (Wildman–Crippen LogP) is -1.42. The number of carbonyl (C=O) groups is 1. The molecule has 0 aliphatic carbocycles. The quantitative estimate of drug-likeness (QED) is 0.305. The van der Waals surface area contributed by atoms with Crippen LogP contribution in [0.15, 0.2) is 0 Å². The molecule has 0 radical (unpaired) electrons. The van der Waals surface area contributed by atoms with E-state index >= 15 is 0 Å². The van der Waals surface area contributed by atoms with Gasteiger partial charge in [-0.2, -0.15) is 0 Å². The van der Waals surface area contributed by atoms with E-state index in [0.717, 1.165) is 0 Å². The molecule has 5 heteroatoms. The summed E-state index contributed by atoms with van der Waals surface area (Å²) in [6.45, 7) is 3.39. The van der Waals surface area contributed by atoms with Crippen molar-refractivity contribution in [2.75, 3.05) is 6.54 Å². The van der Waals surface area contributed by atoms with E-state index in [1.807, 2.05) is 0 Å². The number of rotatable bonds is 6. The standard InChI is InChI=1S/C8H18N2O3/c1-6(12)8(9,7(2)13)3-4-10-5-11/h5-7,12-13H,3-4,9H2,1-2H3,(H,10,11). The molecule has 0 heterocycles. The minimum atomic E-state index is -1.06. The van der Waals surface area contributed by atoms with Crippen LogP contribution in [0.1, 0.15) is 20.3 Å². The van der Waals surface area contributed by atoms with Crippen LogP contribution in [-0.2, 0) is 4.79 Å². The van der Waals surface area contributed by atoms with E-state index < -0.39 is 17.7 Å². The van der Waals surface area contributed by atoms with Crippen LogP contribution >= 0.6 is 0 Å². The van der Waals surface area contributed by atoms with Crippen molar-refractivity contribution in [3.8, 4) is 0 Å². The summed E-state index contributed by atoms with van der Waals surface area (Å²) in [5.41, 5.74) is 4.71. The molecule has 0 saturated carbocycles. The Labute approximate surface area is 77.9 Å². The Bertz CT molecular complexity index is 151.